The van der Waals surface area contributed by atoms with Crippen LogP contribution in [0.3, 0.4) is 0 Å². The smallest absolute Gasteiger partial charge is 0.408 e. The van der Waals surface area contributed by atoms with Crippen LogP contribution in [0.2, 0.25) is 0 Å². The maximum atomic E-state index is 13.1. The molecule has 0 saturated heterocycles. The lowest BCUT2D eigenvalue weighted by molar-refractivity contribution is 0.0505. The summed E-state index contributed by atoms with van der Waals surface area (Å²) in [6.45, 7) is 7.56. The van der Waals surface area contributed by atoms with Crippen LogP contribution in [0.25, 0.3) is 11.1 Å². The first-order valence-corrected chi connectivity index (χ1v) is 14.2. The lowest BCUT2D eigenvalue weighted by atomic mass is 9.98. The molecule has 1 heterocycles. The number of hydrogen-bond acceptors (Lipinski definition) is 8. The zero-order valence-electron chi connectivity index (χ0n) is 24.7. The highest BCUT2D eigenvalue weighted by atomic mass is 16.6. The molecule has 5 rings (SSSR count). The van der Waals surface area contributed by atoms with Crippen molar-refractivity contribution in [1.29, 1.82) is 0 Å². The van der Waals surface area contributed by atoms with Gasteiger partial charge in [-0.05, 0) is 55.5 Å². The first-order valence-electron chi connectivity index (χ1n) is 14.2. The lowest BCUT2D eigenvalue weighted by Gasteiger charge is -2.21. The average molecular weight is 585 g/mol. The van der Waals surface area contributed by atoms with Gasteiger partial charge in [0.05, 0.1) is 19.3 Å². The molecule has 2 N–H and O–H groups in total. The molecule has 2 amide bonds. The van der Waals surface area contributed by atoms with E-state index in [0.717, 1.165) is 27.8 Å². The zero-order chi connectivity index (χ0) is 30.4. The number of carbonyl (C=O) groups excluding carboxylic acids is 2. The Morgan fingerprint density at radius 2 is 1.51 bits per heavy atom. The second-order valence-electron chi connectivity index (χ2n) is 11.4. The molecular weight excluding hydrogens is 548 g/mol. The molecule has 224 valence electrons. The number of rotatable bonds is 10. The highest BCUT2D eigenvalue weighted by Crippen LogP contribution is 2.44. The minimum atomic E-state index is -0.797. The first-order chi connectivity index (χ1) is 20.7. The van der Waals surface area contributed by atoms with Crippen LogP contribution in [-0.2, 0) is 20.8 Å². The molecule has 3 aromatic carbocycles. The predicted octanol–water partition coefficient (Wildman–Crippen LogP) is 6.45. The van der Waals surface area contributed by atoms with Gasteiger partial charge in [-0.3, -0.25) is 0 Å². The molecule has 1 aromatic heterocycles. The molecule has 0 unspecified atom stereocenters. The van der Waals surface area contributed by atoms with E-state index in [0.29, 0.717) is 6.61 Å². The quantitative estimate of drug-likeness (QED) is 0.218. The number of fused-ring (bicyclic) bond motifs is 3. The molecule has 0 bridgehead atoms. The van der Waals surface area contributed by atoms with E-state index in [1.54, 1.807) is 27.7 Å². The summed E-state index contributed by atoms with van der Waals surface area (Å²) in [6.07, 6.45) is -1.25. The molecule has 10 nitrogen and oxygen atoms in total. The van der Waals surface area contributed by atoms with Crippen LogP contribution in [0.5, 0.6) is 0 Å². The van der Waals surface area contributed by atoms with E-state index in [1.165, 1.54) is 0 Å². The van der Waals surface area contributed by atoms with Crippen molar-refractivity contribution in [2.75, 3.05) is 13.2 Å². The maximum absolute atomic E-state index is 13.1. The molecule has 0 fully saturated rings. The summed E-state index contributed by atoms with van der Waals surface area (Å²) in [5, 5.41) is 9.53. The minimum Gasteiger partial charge on any atom is -0.449 e. The van der Waals surface area contributed by atoms with Crippen LogP contribution in [0.1, 0.15) is 74.1 Å². The number of carbonyl (C=O) groups is 2. The van der Waals surface area contributed by atoms with Crippen molar-refractivity contribution >= 4 is 12.2 Å². The third-order valence-corrected chi connectivity index (χ3v) is 6.91. The van der Waals surface area contributed by atoms with Gasteiger partial charge in [-0.15, -0.1) is 0 Å². The maximum Gasteiger partial charge on any atom is 0.408 e. The number of alkyl carbamates (subject to hydrolysis) is 2. The molecule has 2 atom stereocenters. The Hall–Kier alpha value is -4.70. The summed E-state index contributed by atoms with van der Waals surface area (Å²) < 4.78 is 22.5. The largest absolute Gasteiger partial charge is 0.449 e. The van der Waals surface area contributed by atoms with Gasteiger partial charge in [-0.1, -0.05) is 84.0 Å². The van der Waals surface area contributed by atoms with Crippen LogP contribution >= 0.6 is 0 Å². The molecule has 43 heavy (non-hydrogen) atoms. The van der Waals surface area contributed by atoms with E-state index in [4.69, 9.17) is 18.7 Å². The van der Waals surface area contributed by atoms with Gasteiger partial charge < -0.3 is 29.4 Å². The van der Waals surface area contributed by atoms with Gasteiger partial charge in [0.1, 0.15) is 18.2 Å². The number of nitrogens with zero attached hydrogens (tertiary/aromatic N) is 2. The fourth-order valence-electron chi connectivity index (χ4n) is 4.94. The number of amides is 2. The lowest BCUT2D eigenvalue weighted by Crippen LogP contribution is -2.34. The number of benzene rings is 3. The summed E-state index contributed by atoms with van der Waals surface area (Å²) in [7, 11) is 0. The third-order valence-electron chi connectivity index (χ3n) is 6.91. The Morgan fingerprint density at radius 3 is 2.16 bits per heavy atom. The van der Waals surface area contributed by atoms with E-state index < -0.39 is 29.9 Å². The normalized spacial score (nSPS) is 13.9. The second kappa shape index (κ2) is 13.1. The van der Waals surface area contributed by atoms with Gasteiger partial charge in [0.15, 0.2) is 5.82 Å². The number of nitrogens with one attached hydrogen (secondary N) is 2. The molecule has 0 spiro atoms. The Balaban J connectivity index is 1.26. The number of hydrogen-bond donors (Lipinski definition) is 2. The molecule has 1 aliphatic rings. The predicted molar refractivity (Wildman–Crippen MR) is 159 cm³/mol. The van der Waals surface area contributed by atoms with Crippen LogP contribution in [0, 0.1) is 0 Å². The van der Waals surface area contributed by atoms with E-state index >= 15 is 0 Å². The van der Waals surface area contributed by atoms with E-state index in [9.17, 15) is 9.59 Å². The summed E-state index contributed by atoms with van der Waals surface area (Å²) in [4.78, 5) is 29.8. The number of aromatic nitrogens is 2. The molecular formula is C33H36N4O6. The van der Waals surface area contributed by atoms with Crippen molar-refractivity contribution in [3.8, 4) is 11.1 Å². The minimum absolute atomic E-state index is 0.0502. The SMILES string of the molecule is C[C@H](NC(=O)OC(C)(C)C)c1noc([C@@H](COCc2ccccc2)NC(=O)OCC2c3ccccc3-c3ccccc32)n1. The summed E-state index contributed by atoms with van der Waals surface area (Å²) in [5.41, 5.74) is 4.85. The van der Waals surface area contributed by atoms with Crippen molar-refractivity contribution in [2.45, 2.75) is 57.9 Å². The first kappa shape index (κ1) is 29.8. The topological polar surface area (TPSA) is 125 Å². The molecule has 0 saturated carbocycles. The third kappa shape index (κ3) is 7.58. The Kier molecular flexibility index (Phi) is 9.06. The summed E-state index contributed by atoms with van der Waals surface area (Å²) in [5.74, 6) is 0.262. The fourth-order valence-corrected chi connectivity index (χ4v) is 4.94. The zero-order valence-corrected chi connectivity index (χ0v) is 24.7. The van der Waals surface area contributed by atoms with E-state index in [1.807, 2.05) is 54.6 Å². The Morgan fingerprint density at radius 1 is 0.884 bits per heavy atom. The van der Waals surface area contributed by atoms with Crippen LogP contribution in [-0.4, -0.2) is 41.1 Å². The van der Waals surface area contributed by atoms with Crippen molar-refractivity contribution < 1.29 is 28.3 Å². The Labute approximate surface area is 250 Å². The molecule has 4 aromatic rings. The molecule has 1 aliphatic carbocycles. The van der Waals surface area contributed by atoms with Crippen molar-refractivity contribution in [1.82, 2.24) is 20.8 Å². The van der Waals surface area contributed by atoms with Gasteiger partial charge in [0.2, 0.25) is 0 Å². The molecule has 0 radical (unpaired) electrons. The van der Waals surface area contributed by atoms with E-state index in [-0.39, 0.29) is 30.8 Å². The van der Waals surface area contributed by atoms with Gasteiger partial charge >= 0.3 is 12.2 Å². The summed E-state index contributed by atoms with van der Waals surface area (Å²) in [6, 6.07) is 24.6. The van der Waals surface area contributed by atoms with Crippen molar-refractivity contribution in [3.05, 3.63) is 107 Å². The van der Waals surface area contributed by atoms with E-state index in [2.05, 4.69) is 45.0 Å². The fraction of sp³-hybridized carbons (Fsp3) is 0.333. The van der Waals surface area contributed by atoms with Crippen molar-refractivity contribution in [2.24, 2.45) is 0 Å². The number of ether oxygens (including phenoxy) is 3. The highest BCUT2D eigenvalue weighted by Gasteiger charge is 2.30. The Bertz CT molecular complexity index is 1500. The van der Waals surface area contributed by atoms with Gasteiger partial charge in [0, 0.05) is 5.92 Å². The van der Waals surface area contributed by atoms with Gasteiger partial charge in [-0.25, -0.2) is 9.59 Å². The van der Waals surface area contributed by atoms with Crippen LogP contribution in [0.15, 0.2) is 83.4 Å². The van der Waals surface area contributed by atoms with Gasteiger partial charge in [0.25, 0.3) is 5.89 Å². The summed E-state index contributed by atoms with van der Waals surface area (Å²) >= 11 is 0. The standard InChI is InChI=1S/C33H36N4O6/c1-21(34-32(39)42-33(2,3)4)29-36-30(43-37-29)28(20-40-18-22-12-6-5-7-13-22)35-31(38)41-19-27-25-16-10-8-14-23(25)24-15-9-11-17-26(24)27/h5-17,21,27-28H,18-20H2,1-4H3,(H,34,39)(H,35,38)/t21-,28+/m0/s1. The average Bonchev–Trinajstić information content (AvgIpc) is 3.59. The molecule has 0 aliphatic heterocycles. The monoisotopic (exact) mass is 584 g/mol. The van der Waals surface area contributed by atoms with Crippen molar-refractivity contribution in [3.63, 3.8) is 0 Å². The molecule has 10 heteroatoms. The van der Waals surface area contributed by atoms with Crippen LogP contribution in [0.4, 0.5) is 9.59 Å². The van der Waals surface area contributed by atoms with Crippen LogP contribution < -0.4 is 10.6 Å². The second-order valence-corrected chi connectivity index (χ2v) is 11.4. The highest BCUT2D eigenvalue weighted by molar-refractivity contribution is 5.79. The van der Waals surface area contributed by atoms with Gasteiger partial charge in [-0.2, -0.15) is 4.98 Å².